The highest BCUT2D eigenvalue weighted by molar-refractivity contribution is 8.18. The van der Waals surface area contributed by atoms with Crippen LogP contribution in [0.25, 0.3) is 6.08 Å². The van der Waals surface area contributed by atoms with E-state index in [1.807, 2.05) is 37.3 Å². The van der Waals surface area contributed by atoms with E-state index in [1.54, 1.807) is 17.0 Å². The maximum atomic E-state index is 12.8. The van der Waals surface area contributed by atoms with Gasteiger partial charge in [0.1, 0.15) is 5.76 Å². The molecule has 2 aliphatic rings. The van der Waals surface area contributed by atoms with Gasteiger partial charge < -0.3 is 9.32 Å². The second-order valence-electron chi connectivity index (χ2n) is 6.38. The van der Waals surface area contributed by atoms with Gasteiger partial charge in [-0.05, 0) is 49.7 Å². The van der Waals surface area contributed by atoms with Crippen molar-refractivity contribution in [1.82, 2.24) is 4.90 Å². The van der Waals surface area contributed by atoms with Gasteiger partial charge in [0, 0.05) is 31.8 Å². The van der Waals surface area contributed by atoms with Crippen molar-refractivity contribution in [2.75, 3.05) is 24.5 Å². The van der Waals surface area contributed by atoms with E-state index in [9.17, 15) is 4.79 Å². The largest absolute Gasteiger partial charge is 0.441 e. The minimum absolute atomic E-state index is 0.0626. The van der Waals surface area contributed by atoms with Crippen LogP contribution in [0.3, 0.4) is 0 Å². The quantitative estimate of drug-likeness (QED) is 0.664. The second kappa shape index (κ2) is 7.82. The van der Waals surface area contributed by atoms with Crippen LogP contribution in [0.1, 0.15) is 25.5 Å². The summed E-state index contributed by atoms with van der Waals surface area (Å²) >= 11 is 7.55. The molecule has 2 fully saturated rings. The number of halogens is 1. The molecule has 0 radical (unpaired) electrons. The Labute approximate surface area is 167 Å². The lowest BCUT2D eigenvalue weighted by atomic mass is 10.3. The zero-order chi connectivity index (χ0) is 18.8. The number of carbonyl (C=O) groups excluding carboxylic acids is 1. The highest BCUT2D eigenvalue weighted by Gasteiger charge is 2.32. The first-order valence-corrected chi connectivity index (χ1v) is 10.2. The molecule has 0 aliphatic carbocycles. The summed E-state index contributed by atoms with van der Waals surface area (Å²) in [7, 11) is 0. The molecule has 3 heterocycles. The first-order valence-electron chi connectivity index (χ1n) is 9.05. The number of furan rings is 1. The van der Waals surface area contributed by atoms with Crippen molar-refractivity contribution < 1.29 is 9.21 Å². The Balaban J connectivity index is 1.60. The average molecular weight is 402 g/mol. The molecule has 2 aliphatic heterocycles. The van der Waals surface area contributed by atoms with Gasteiger partial charge in [-0.25, -0.2) is 4.99 Å². The number of para-hydroxylation sites is 1. The summed E-state index contributed by atoms with van der Waals surface area (Å²) in [6.45, 7) is 4.52. The highest BCUT2D eigenvalue weighted by Crippen LogP contribution is 2.36. The van der Waals surface area contributed by atoms with Crippen molar-refractivity contribution >= 4 is 52.1 Å². The molecule has 1 amide bonds. The molecule has 7 heteroatoms. The minimum atomic E-state index is -0.0626. The summed E-state index contributed by atoms with van der Waals surface area (Å²) in [5.41, 5.74) is 0.656. The van der Waals surface area contributed by atoms with E-state index >= 15 is 0 Å². The molecule has 0 saturated carbocycles. The summed E-state index contributed by atoms with van der Waals surface area (Å²) in [6, 6.07) is 11.2. The van der Waals surface area contributed by atoms with Gasteiger partial charge in [0.05, 0.1) is 15.6 Å². The molecule has 1 aromatic carbocycles. The molecule has 27 heavy (non-hydrogen) atoms. The number of benzene rings is 1. The predicted molar refractivity (Wildman–Crippen MR) is 112 cm³/mol. The molecular weight excluding hydrogens is 382 g/mol. The van der Waals surface area contributed by atoms with E-state index in [0.29, 0.717) is 33.1 Å². The van der Waals surface area contributed by atoms with E-state index in [1.165, 1.54) is 24.6 Å². The number of amides is 1. The standard InChI is InChI=1S/C20H20ClN3O2S/c1-2-24-19(25)17(27-20(24)22-16-8-4-3-7-15(16)21)13-14-9-10-18(26-14)23-11-5-6-12-23/h3-4,7-10,13H,2,5-6,11-12H2,1H3/b17-13+,22-20?. The number of carbonyl (C=O) groups is 1. The topological polar surface area (TPSA) is 49.1 Å². The monoisotopic (exact) mass is 401 g/mol. The Morgan fingerprint density at radius 1 is 1.22 bits per heavy atom. The summed E-state index contributed by atoms with van der Waals surface area (Å²) < 4.78 is 5.92. The van der Waals surface area contributed by atoms with Crippen LogP contribution in [0.5, 0.6) is 0 Å². The van der Waals surface area contributed by atoms with Crippen LogP contribution in [-0.4, -0.2) is 35.6 Å². The zero-order valence-electron chi connectivity index (χ0n) is 15.0. The summed E-state index contributed by atoms with van der Waals surface area (Å²) in [6.07, 6.45) is 4.18. The Kier molecular flexibility index (Phi) is 5.27. The molecule has 5 nitrogen and oxygen atoms in total. The fourth-order valence-corrected chi connectivity index (χ4v) is 4.39. The number of hydrogen-bond acceptors (Lipinski definition) is 5. The highest BCUT2D eigenvalue weighted by atomic mass is 35.5. The third-order valence-corrected chi connectivity index (χ3v) is 5.90. The Hall–Kier alpha value is -2.18. The van der Waals surface area contributed by atoms with Gasteiger partial charge in [-0.3, -0.25) is 9.69 Å². The number of amidine groups is 1. The molecule has 2 saturated heterocycles. The summed E-state index contributed by atoms with van der Waals surface area (Å²) in [5, 5.41) is 1.20. The number of likely N-dealkylation sites (N-methyl/N-ethyl adjacent to an activating group) is 1. The molecule has 0 bridgehead atoms. The fourth-order valence-electron chi connectivity index (χ4n) is 3.17. The molecule has 4 rings (SSSR count). The van der Waals surface area contributed by atoms with Crippen LogP contribution in [0.15, 0.2) is 50.7 Å². The molecule has 0 unspecified atom stereocenters. The van der Waals surface area contributed by atoms with E-state index in [0.717, 1.165) is 19.0 Å². The Bertz CT molecular complexity index is 915. The van der Waals surface area contributed by atoms with E-state index in [-0.39, 0.29) is 5.91 Å². The maximum Gasteiger partial charge on any atom is 0.266 e. The predicted octanol–water partition coefficient (Wildman–Crippen LogP) is 5.16. The van der Waals surface area contributed by atoms with Crippen LogP contribution in [-0.2, 0) is 4.79 Å². The van der Waals surface area contributed by atoms with Gasteiger partial charge in [0.25, 0.3) is 5.91 Å². The lowest BCUT2D eigenvalue weighted by Crippen LogP contribution is -2.28. The Morgan fingerprint density at radius 2 is 2.00 bits per heavy atom. The molecule has 140 valence electrons. The maximum absolute atomic E-state index is 12.8. The third-order valence-electron chi connectivity index (χ3n) is 4.58. The van der Waals surface area contributed by atoms with Crippen molar-refractivity contribution in [2.45, 2.75) is 19.8 Å². The number of nitrogens with zero attached hydrogens (tertiary/aromatic N) is 3. The van der Waals surface area contributed by atoms with Crippen LogP contribution in [0.2, 0.25) is 5.02 Å². The first-order chi connectivity index (χ1) is 13.2. The number of anilines is 1. The molecule has 0 atom stereocenters. The van der Waals surface area contributed by atoms with Gasteiger partial charge in [-0.2, -0.15) is 0 Å². The van der Waals surface area contributed by atoms with Crippen LogP contribution < -0.4 is 4.90 Å². The first kappa shape index (κ1) is 18.2. The molecule has 0 N–H and O–H groups in total. The van der Waals surface area contributed by atoms with Crippen LogP contribution in [0, 0.1) is 0 Å². The summed E-state index contributed by atoms with van der Waals surface area (Å²) in [5.74, 6) is 1.49. The van der Waals surface area contributed by atoms with E-state index in [4.69, 9.17) is 16.0 Å². The SMILES string of the molecule is CCN1C(=O)/C(=C\c2ccc(N3CCCC3)o2)SC1=Nc1ccccc1Cl. The van der Waals surface area contributed by atoms with Crippen molar-refractivity contribution in [3.8, 4) is 0 Å². The number of rotatable bonds is 4. The normalized spacial score (nSPS) is 20.4. The molecule has 2 aromatic rings. The third kappa shape index (κ3) is 3.77. The lowest BCUT2D eigenvalue weighted by Gasteiger charge is -2.12. The summed E-state index contributed by atoms with van der Waals surface area (Å²) in [4.78, 5) is 21.8. The fraction of sp³-hybridized carbons (Fsp3) is 0.300. The van der Waals surface area contributed by atoms with Crippen molar-refractivity contribution in [1.29, 1.82) is 0 Å². The van der Waals surface area contributed by atoms with Crippen LogP contribution >= 0.6 is 23.4 Å². The molecular formula is C20H20ClN3O2S. The zero-order valence-corrected chi connectivity index (χ0v) is 16.6. The van der Waals surface area contributed by atoms with Gasteiger partial charge in [0.15, 0.2) is 11.1 Å². The molecule has 0 spiro atoms. The lowest BCUT2D eigenvalue weighted by molar-refractivity contribution is -0.122. The van der Waals surface area contributed by atoms with E-state index < -0.39 is 0 Å². The number of aliphatic imine (C=N–C) groups is 1. The molecule has 1 aromatic heterocycles. The number of hydrogen-bond donors (Lipinski definition) is 0. The minimum Gasteiger partial charge on any atom is -0.441 e. The van der Waals surface area contributed by atoms with Gasteiger partial charge in [0.2, 0.25) is 0 Å². The smallest absolute Gasteiger partial charge is 0.266 e. The van der Waals surface area contributed by atoms with Gasteiger partial charge in [-0.1, -0.05) is 23.7 Å². The van der Waals surface area contributed by atoms with Gasteiger partial charge in [-0.15, -0.1) is 0 Å². The number of thioether (sulfide) groups is 1. The second-order valence-corrected chi connectivity index (χ2v) is 7.79. The average Bonchev–Trinajstić information content (AvgIpc) is 3.39. The van der Waals surface area contributed by atoms with Crippen LogP contribution in [0.4, 0.5) is 11.6 Å². The van der Waals surface area contributed by atoms with Crippen molar-refractivity contribution in [2.24, 2.45) is 4.99 Å². The van der Waals surface area contributed by atoms with Gasteiger partial charge >= 0.3 is 0 Å². The van der Waals surface area contributed by atoms with E-state index in [2.05, 4.69) is 9.89 Å². The van der Waals surface area contributed by atoms with Crippen molar-refractivity contribution in [3.05, 3.63) is 52.1 Å². The van der Waals surface area contributed by atoms with Crippen molar-refractivity contribution in [3.63, 3.8) is 0 Å². The Morgan fingerprint density at radius 3 is 2.74 bits per heavy atom.